The second-order valence-electron chi connectivity index (χ2n) is 6.20. The summed E-state index contributed by atoms with van der Waals surface area (Å²) in [6, 6.07) is 1.65. The maximum atomic E-state index is 14.1. The number of halogens is 6. The predicted octanol–water partition coefficient (Wildman–Crippen LogP) is 5.73. The van der Waals surface area contributed by atoms with Crippen LogP contribution < -0.4 is 4.74 Å². The van der Waals surface area contributed by atoms with Crippen molar-refractivity contribution in [1.29, 1.82) is 0 Å². The molecule has 2 aromatic rings. The van der Waals surface area contributed by atoms with Gasteiger partial charge in [0.1, 0.15) is 36.3 Å². The molecule has 0 N–H and O–H groups in total. The third-order valence-electron chi connectivity index (χ3n) is 4.10. The number of rotatable bonds is 9. The number of benzene rings is 2. The lowest BCUT2D eigenvalue weighted by atomic mass is 10.1. The lowest BCUT2D eigenvalue weighted by Crippen LogP contribution is -2.14. The van der Waals surface area contributed by atoms with Gasteiger partial charge in [-0.05, 0) is 12.1 Å². The minimum Gasteiger partial charge on any atom is -0.493 e. The minimum atomic E-state index is -1.04. The van der Waals surface area contributed by atoms with Gasteiger partial charge in [-0.1, -0.05) is 46.4 Å². The van der Waals surface area contributed by atoms with Gasteiger partial charge in [0.25, 0.3) is 0 Å². The Labute approximate surface area is 201 Å². The Morgan fingerprint density at radius 2 is 1.50 bits per heavy atom. The highest BCUT2D eigenvalue weighted by Crippen LogP contribution is 2.38. The first-order valence-corrected chi connectivity index (χ1v) is 10.1. The minimum absolute atomic E-state index is 0.0638. The van der Waals surface area contributed by atoms with Crippen LogP contribution in [0.4, 0.5) is 8.78 Å². The fourth-order valence-corrected chi connectivity index (χ4v) is 3.83. The quantitative estimate of drug-likeness (QED) is 0.178. The van der Waals surface area contributed by atoms with Gasteiger partial charge >= 0.3 is 5.97 Å². The van der Waals surface area contributed by atoms with Crippen LogP contribution in [0.25, 0.3) is 0 Å². The molecule has 0 saturated heterocycles. The predicted molar refractivity (Wildman–Crippen MR) is 114 cm³/mol. The van der Waals surface area contributed by atoms with Crippen LogP contribution >= 0.6 is 46.4 Å². The molecule has 0 aliphatic heterocycles. The van der Waals surface area contributed by atoms with Crippen molar-refractivity contribution in [3.05, 3.63) is 60.5 Å². The number of methoxy groups -OCH3 is 2. The first kappa shape index (κ1) is 26.3. The molecule has 0 aliphatic carbocycles. The van der Waals surface area contributed by atoms with Gasteiger partial charge in [0, 0.05) is 18.2 Å². The monoisotopic (exact) mass is 528 g/mol. The van der Waals surface area contributed by atoms with Crippen molar-refractivity contribution in [2.45, 2.75) is 13.0 Å². The molecule has 0 aliphatic rings. The molecule has 0 heterocycles. The topological polar surface area (TPSA) is 78.9 Å². The first-order valence-electron chi connectivity index (χ1n) is 8.62. The zero-order valence-corrected chi connectivity index (χ0v) is 19.5. The number of carbonyl (C=O) groups excluding carboxylic acids is 3. The smallest absolute Gasteiger partial charge is 0.314 e. The molecule has 0 fully saturated rings. The normalized spacial score (nSPS) is 10.8. The van der Waals surface area contributed by atoms with E-state index in [4.69, 9.17) is 60.6 Å². The summed E-state index contributed by atoms with van der Waals surface area (Å²) in [5, 5.41) is -1.43. The molecular weight excluding hydrogens is 516 g/mol. The van der Waals surface area contributed by atoms with E-state index in [9.17, 15) is 23.2 Å². The average molecular weight is 530 g/mol. The van der Waals surface area contributed by atoms with Gasteiger partial charge in [-0.25, -0.2) is 8.78 Å². The molecule has 0 amide bonds. The number of hydrogen-bond donors (Lipinski definition) is 0. The van der Waals surface area contributed by atoms with Crippen LogP contribution in [-0.2, 0) is 20.9 Å². The van der Waals surface area contributed by atoms with Crippen LogP contribution in [0.15, 0.2) is 12.1 Å². The van der Waals surface area contributed by atoms with E-state index in [1.54, 1.807) is 0 Å². The van der Waals surface area contributed by atoms with Crippen LogP contribution in [0, 0.1) is 11.6 Å². The summed E-state index contributed by atoms with van der Waals surface area (Å²) >= 11 is 23.7. The Bertz CT molecular complexity index is 1090. The summed E-state index contributed by atoms with van der Waals surface area (Å²) in [6.07, 6.45) is -0.826. The van der Waals surface area contributed by atoms with Crippen molar-refractivity contribution in [2.24, 2.45) is 0 Å². The Morgan fingerprint density at radius 3 is 2.09 bits per heavy atom. The fourth-order valence-electron chi connectivity index (χ4n) is 2.61. The first-order chi connectivity index (χ1) is 15.0. The summed E-state index contributed by atoms with van der Waals surface area (Å²) in [5.41, 5.74) is -0.732. The lowest BCUT2D eigenvalue weighted by molar-refractivity contribution is -0.143. The number of Topliss-reactive ketones (excluding diaryl/α,β-unsaturated/α-hetero) is 2. The molecule has 2 rings (SSSR count). The molecule has 0 aromatic heterocycles. The molecule has 172 valence electrons. The molecule has 0 bridgehead atoms. The van der Waals surface area contributed by atoms with Crippen LogP contribution in [-0.4, -0.2) is 38.4 Å². The molecule has 0 radical (unpaired) electrons. The van der Waals surface area contributed by atoms with Crippen LogP contribution in [0.1, 0.15) is 32.7 Å². The molecule has 0 spiro atoms. The summed E-state index contributed by atoms with van der Waals surface area (Å²) in [5.74, 6) is -4.80. The van der Waals surface area contributed by atoms with Gasteiger partial charge < -0.3 is 14.2 Å². The van der Waals surface area contributed by atoms with Gasteiger partial charge in [0.15, 0.2) is 17.3 Å². The van der Waals surface area contributed by atoms with Crippen molar-refractivity contribution in [3.63, 3.8) is 0 Å². The zero-order chi connectivity index (χ0) is 24.2. The summed E-state index contributed by atoms with van der Waals surface area (Å²) in [7, 11) is 2.43. The van der Waals surface area contributed by atoms with Crippen molar-refractivity contribution >= 4 is 63.9 Å². The molecule has 0 atom stereocenters. The third kappa shape index (κ3) is 5.68. The second-order valence-corrected chi connectivity index (χ2v) is 7.72. The zero-order valence-electron chi connectivity index (χ0n) is 16.5. The van der Waals surface area contributed by atoms with Crippen molar-refractivity contribution in [3.8, 4) is 5.75 Å². The molecule has 12 heteroatoms. The van der Waals surface area contributed by atoms with Crippen molar-refractivity contribution in [1.82, 2.24) is 0 Å². The van der Waals surface area contributed by atoms with Gasteiger partial charge in [0.2, 0.25) is 0 Å². The van der Waals surface area contributed by atoms with Crippen LogP contribution in [0.3, 0.4) is 0 Å². The number of ether oxygens (including phenoxy) is 3. The number of hydrogen-bond acceptors (Lipinski definition) is 6. The van der Waals surface area contributed by atoms with E-state index in [-0.39, 0.29) is 32.5 Å². The van der Waals surface area contributed by atoms with E-state index < -0.39 is 58.9 Å². The van der Waals surface area contributed by atoms with Gasteiger partial charge in [0.05, 0.1) is 27.7 Å². The molecule has 2 aromatic carbocycles. The van der Waals surface area contributed by atoms with Gasteiger partial charge in [-0.3, -0.25) is 14.4 Å². The highest BCUT2D eigenvalue weighted by atomic mass is 35.5. The molecule has 0 saturated carbocycles. The van der Waals surface area contributed by atoms with Crippen molar-refractivity contribution in [2.75, 3.05) is 20.8 Å². The Morgan fingerprint density at radius 1 is 0.875 bits per heavy atom. The largest absolute Gasteiger partial charge is 0.493 e. The highest BCUT2D eigenvalue weighted by molar-refractivity contribution is 6.41. The Balaban J connectivity index is 2.18. The standard InChI is InChI=1S/C20H14Cl4F2O6/c1-30-7-13(28)15-16(21)8(3-10(25)18(15)23)6-32-14(29)5-12(27)9-4-11(26)19(24)20(31-2)17(9)22/h3-4H,5-7H2,1-2H3. The molecule has 32 heavy (non-hydrogen) atoms. The summed E-state index contributed by atoms with van der Waals surface area (Å²) in [4.78, 5) is 36.6. The van der Waals surface area contributed by atoms with E-state index >= 15 is 0 Å². The number of esters is 1. The van der Waals surface area contributed by atoms with Gasteiger partial charge in [-0.15, -0.1) is 0 Å². The second kappa shape index (κ2) is 11.2. The van der Waals surface area contributed by atoms with Crippen LogP contribution in [0.5, 0.6) is 5.75 Å². The Kier molecular flexibility index (Phi) is 9.24. The molecule has 6 nitrogen and oxygen atoms in total. The van der Waals surface area contributed by atoms with E-state index in [1.165, 1.54) is 14.2 Å². The SMILES string of the molecule is COCC(=O)c1c(Cl)c(F)cc(COC(=O)CC(=O)c2cc(F)c(Cl)c(OC)c2Cl)c1Cl. The maximum Gasteiger partial charge on any atom is 0.314 e. The summed E-state index contributed by atoms with van der Waals surface area (Å²) in [6.45, 7) is -0.975. The highest BCUT2D eigenvalue weighted by Gasteiger charge is 2.25. The third-order valence-corrected chi connectivity index (χ3v) is 5.63. The fraction of sp³-hybridized carbons (Fsp3) is 0.250. The van der Waals surface area contributed by atoms with E-state index in [2.05, 4.69) is 0 Å². The van der Waals surface area contributed by atoms with E-state index in [0.29, 0.717) is 0 Å². The van der Waals surface area contributed by atoms with Crippen molar-refractivity contribution < 1.29 is 37.4 Å². The summed E-state index contributed by atoms with van der Waals surface area (Å²) < 4.78 is 42.5. The van der Waals surface area contributed by atoms with Gasteiger partial charge in [-0.2, -0.15) is 0 Å². The number of ketones is 2. The van der Waals surface area contributed by atoms with Crippen LogP contribution in [0.2, 0.25) is 20.1 Å². The lowest BCUT2D eigenvalue weighted by Gasteiger charge is -2.13. The van der Waals surface area contributed by atoms with E-state index in [0.717, 1.165) is 12.1 Å². The average Bonchev–Trinajstić information content (AvgIpc) is 2.73. The number of carbonyl (C=O) groups is 3. The van der Waals surface area contributed by atoms with E-state index in [1.807, 2.05) is 0 Å². The molecule has 0 unspecified atom stereocenters. The maximum absolute atomic E-state index is 14.1. The molecular formula is C20H14Cl4F2O6. The Hall–Kier alpha value is -1.97.